The smallest absolute Gasteiger partial charge is 0.0678 e. The minimum atomic E-state index is 0.359. The first-order chi connectivity index (χ1) is 10.4. The Morgan fingerprint density at radius 3 is 2.50 bits per heavy atom. The van der Waals surface area contributed by atoms with Crippen LogP contribution in [-0.4, -0.2) is 46.3 Å². The molecule has 0 saturated carbocycles. The monoisotopic (exact) mass is 337 g/mol. The first kappa shape index (κ1) is 18.0. The lowest BCUT2D eigenvalue weighted by Crippen LogP contribution is -2.46. The van der Waals surface area contributed by atoms with Crippen LogP contribution in [0.2, 0.25) is 10.1 Å². The second kappa shape index (κ2) is 7.96. The van der Waals surface area contributed by atoms with Gasteiger partial charge in [-0.1, -0.05) is 43.6 Å². The molecule has 22 heavy (non-hydrogen) atoms. The highest BCUT2D eigenvalue weighted by Gasteiger charge is 2.25. The first-order valence-electron chi connectivity index (χ1n) is 8.22. The number of hydrogen-bond donors (Lipinski definition) is 0. The highest BCUT2D eigenvalue weighted by molar-refractivity contribution is 6.40. The number of hydrogen-bond acceptors (Lipinski definition) is 2. The highest BCUT2D eigenvalue weighted by atomic mass is 35.5. The minimum Gasteiger partial charge on any atom is -0.373 e. The van der Waals surface area contributed by atoms with Crippen LogP contribution in [0, 0.1) is 0 Å². The van der Waals surface area contributed by atoms with Gasteiger partial charge < -0.3 is 4.74 Å². The Labute approximate surface area is 143 Å². The SMILES string of the molecule is CC1CN(CCC(C)(C)[Si]Cc2ccccc2Cl)CC(C)O1. The van der Waals surface area contributed by atoms with E-state index in [0.717, 1.165) is 33.7 Å². The third-order valence-electron chi connectivity index (χ3n) is 4.26. The standard InChI is InChI=1S/C18H28ClNOSi/c1-14-11-20(12-15(2)21-14)10-9-18(3,4)22-13-16-7-5-6-8-17(16)19/h5-8,14-15H,9-13H2,1-4H3. The summed E-state index contributed by atoms with van der Waals surface area (Å²) in [6.07, 6.45) is 1.95. The molecule has 0 spiro atoms. The molecule has 0 bridgehead atoms. The predicted molar refractivity (Wildman–Crippen MR) is 96.0 cm³/mol. The summed E-state index contributed by atoms with van der Waals surface area (Å²) in [6.45, 7) is 12.4. The Bertz CT molecular complexity index is 470. The van der Waals surface area contributed by atoms with Gasteiger partial charge in [0, 0.05) is 27.6 Å². The van der Waals surface area contributed by atoms with E-state index in [1.54, 1.807) is 0 Å². The van der Waals surface area contributed by atoms with Gasteiger partial charge >= 0.3 is 0 Å². The molecular formula is C18H28ClNOSi. The van der Waals surface area contributed by atoms with Crippen LogP contribution >= 0.6 is 11.6 Å². The average Bonchev–Trinajstić information content (AvgIpc) is 2.44. The van der Waals surface area contributed by atoms with Crippen molar-refractivity contribution < 1.29 is 4.74 Å². The topological polar surface area (TPSA) is 12.5 Å². The van der Waals surface area contributed by atoms with E-state index >= 15 is 0 Å². The fourth-order valence-corrected chi connectivity index (χ4v) is 4.55. The fraction of sp³-hybridized carbons (Fsp3) is 0.667. The fourth-order valence-electron chi connectivity index (χ4n) is 2.97. The maximum atomic E-state index is 6.27. The number of ether oxygens (including phenoxy) is 1. The average molecular weight is 338 g/mol. The third-order valence-corrected chi connectivity index (χ3v) is 6.40. The van der Waals surface area contributed by atoms with Crippen LogP contribution < -0.4 is 0 Å². The van der Waals surface area contributed by atoms with Gasteiger partial charge in [-0.15, -0.1) is 0 Å². The number of halogens is 1. The molecule has 2 unspecified atom stereocenters. The van der Waals surface area contributed by atoms with Gasteiger partial charge in [0.25, 0.3) is 0 Å². The molecule has 1 aromatic rings. The summed E-state index contributed by atoms with van der Waals surface area (Å²) >= 11 is 6.27. The summed E-state index contributed by atoms with van der Waals surface area (Å²) in [5.74, 6) is 0. The first-order valence-corrected chi connectivity index (χ1v) is 9.80. The van der Waals surface area contributed by atoms with Crippen molar-refractivity contribution in [3.63, 3.8) is 0 Å². The maximum Gasteiger partial charge on any atom is 0.0678 e. The van der Waals surface area contributed by atoms with Gasteiger partial charge in [-0.05, 0) is 49.5 Å². The van der Waals surface area contributed by atoms with E-state index in [1.807, 2.05) is 12.1 Å². The molecule has 1 aromatic carbocycles. The molecule has 2 rings (SSSR count). The van der Waals surface area contributed by atoms with Crippen molar-refractivity contribution in [2.45, 2.75) is 57.4 Å². The van der Waals surface area contributed by atoms with Crippen LogP contribution in [0.5, 0.6) is 0 Å². The van der Waals surface area contributed by atoms with Gasteiger partial charge in [-0.25, -0.2) is 0 Å². The van der Waals surface area contributed by atoms with E-state index in [-0.39, 0.29) is 0 Å². The van der Waals surface area contributed by atoms with E-state index in [0.29, 0.717) is 17.2 Å². The van der Waals surface area contributed by atoms with E-state index in [4.69, 9.17) is 16.3 Å². The van der Waals surface area contributed by atoms with Crippen LogP contribution in [-0.2, 0) is 10.8 Å². The number of rotatable bonds is 6. The van der Waals surface area contributed by atoms with Crippen molar-refractivity contribution in [3.05, 3.63) is 34.9 Å². The van der Waals surface area contributed by atoms with Crippen molar-refractivity contribution in [1.29, 1.82) is 0 Å². The Hall–Kier alpha value is -0.353. The second-order valence-electron chi connectivity index (χ2n) is 7.10. The molecule has 2 radical (unpaired) electrons. The summed E-state index contributed by atoms with van der Waals surface area (Å²) < 4.78 is 5.81. The molecule has 0 aliphatic carbocycles. The molecule has 1 saturated heterocycles. The zero-order valence-corrected chi connectivity index (χ0v) is 16.0. The molecular weight excluding hydrogens is 310 g/mol. The summed E-state index contributed by atoms with van der Waals surface area (Å²) in [4.78, 5) is 2.56. The largest absolute Gasteiger partial charge is 0.373 e. The van der Waals surface area contributed by atoms with E-state index in [2.05, 4.69) is 44.7 Å². The summed E-state index contributed by atoms with van der Waals surface area (Å²) in [6, 6.07) is 9.31. The zero-order chi connectivity index (χ0) is 16.2. The molecule has 1 fully saturated rings. The Morgan fingerprint density at radius 2 is 1.86 bits per heavy atom. The molecule has 1 aliphatic rings. The quantitative estimate of drug-likeness (QED) is 0.720. The lowest BCUT2D eigenvalue weighted by molar-refractivity contribution is -0.0685. The van der Waals surface area contributed by atoms with Crippen LogP contribution in [0.25, 0.3) is 0 Å². The molecule has 2 nitrogen and oxygen atoms in total. The van der Waals surface area contributed by atoms with E-state index < -0.39 is 0 Å². The van der Waals surface area contributed by atoms with Gasteiger partial charge in [-0.2, -0.15) is 0 Å². The molecule has 0 N–H and O–H groups in total. The third kappa shape index (κ3) is 5.69. The zero-order valence-electron chi connectivity index (χ0n) is 14.2. The van der Waals surface area contributed by atoms with E-state index in [9.17, 15) is 0 Å². The minimum absolute atomic E-state index is 0.359. The maximum absolute atomic E-state index is 6.27. The molecule has 0 amide bonds. The number of nitrogens with zero attached hydrogens (tertiary/aromatic N) is 1. The van der Waals surface area contributed by atoms with Crippen LogP contribution in [0.15, 0.2) is 24.3 Å². The van der Waals surface area contributed by atoms with Gasteiger partial charge in [-0.3, -0.25) is 4.90 Å². The van der Waals surface area contributed by atoms with Crippen LogP contribution in [0.4, 0.5) is 0 Å². The van der Waals surface area contributed by atoms with E-state index in [1.165, 1.54) is 18.5 Å². The van der Waals surface area contributed by atoms with Crippen molar-refractivity contribution in [1.82, 2.24) is 4.90 Å². The van der Waals surface area contributed by atoms with Gasteiger partial charge in [0.05, 0.1) is 12.2 Å². The van der Waals surface area contributed by atoms with Crippen molar-refractivity contribution in [2.75, 3.05) is 19.6 Å². The summed E-state index contributed by atoms with van der Waals surface area (Å²) in [5, 5.41) is 1.27. The lowest BCUT2D eigenvalue weighted by atomic mass is 10.1. The molecule has 1 heterocycles. The predicted octanol–water partition coefficient (Wildman–Crippen LogP) is 4.24. The highest BCUT2D eigenvalue weighted by Crippen LogP contribution is 2.30. The summed E-state index contributed by atoms with van der Waals surface area (Å²) in [7, 11) is 0.899. The lowest BCUT2D eigenvalue weighted by Gasteiger charge is -2.37. The van der Waals surface area contributed by atoms with Crippen LogP contribution in [0.1, 0.15) is 39.7 Å². The second-order valence-corrected chi connectivity index (χ2v) is 9.56. The van der Waals surface area contributed by atoms with Crippen LogP contribution in [0.3, 0.4) is 0 Å². The van der Waals surface area contributed by atoms with Crippen molar-refractivity contribution in [3.8, 4) is 0 Å². The van der Waals surface area contributed by atoms with Gasteiger partial charge in [0.15, 0.2) is 0 Å². The Balaban J connectivity index is 1.79. The number of benzene rings is 1. The van der Waals surface area contributed by atoms with Gasteiger partial charge in [0.1, 0.15) is 0 Å². The summed E-state index contributed by atoms with van der Waals surface area (Å²) in [5.41, 5.74) is 1.28. The molecule has 0 aromatic heterocycles. The number of morpholine rings is 1. The Morgan fingerprint density at radius 1 is 1.23 bits per heavy atom. The molecule has 4 heteroatoms. The molecule has 2 atom stereocenters. The van der Waals surface area contributed by atoms with Crippen molar-refractivity contribution >= 4 is 21.1 Å². The van der Waals surface area contributed by atoms with Gasteiger partial charge in [0.2, 0.25) is 0 Å². The van der Waals surface area contributed by atoms with Crippen molar-refractivity contribution in [2.24, 2.45) is 0 Å². The Kier molecular flexibility index (Phi) is 6.51. The normalized spacial score (nSPS) is 23.7. The molecule has 122 valence electrons. The molecule has 1 aliphatic heterocycles.